The molecular formula is C13H28N2O. The van der Waals surface area contributed by atoms with Crippen LogP contribution in [0.15, 0.2) is 0 Å². The van der Waals surface area contributed by atoms with Crippen molar-refractivity contribution in [2.24, 2.45) is 5.41 Å². The molecule has 0 bridgehead atoms. The minimum Gasteiger partial charge on any atom is -0.345 e. The molecule has 0 aromatic carbocycles. The highest BCUT2D eigenvalue weighted by Gasteiger charge is 2.24. The van der Waals surface area contributed by atoms with Crippen molar-refractivity contribution >= 4 is 5.91 Å². The summed E-state index contributed by atoms with van der Waals surface area (Å²) < 4.78 is 0. The van der Waals surface area contributed by atoms with Crippen LogP contribution in [0.5, 0.6) is 0 Å². The second-order valence-electron chi connectivity index (χ2n) is 5.79. The number of carbonyl (C=O) groups excluding carboxylic acids is 1. The number of amides is 1. The van der Waals surface area contributed by atoms with E-state index in [-0.39, 0.29) is 11.3 Å². The molecule has 1 amide bonds. The average Bonchev–Trinajstić information content (AvgIpc) is 2.13. The third-order valence-electron chi connectivity index (χ3n) is 2.46. The quantitative estimate of drug-likeness (QED) is 0.707. The van der Waals surface area contributed by atoms with Gasteiger partial charge in [-0.25, -0.2) is 0 Å². The maximum Gasteiger partial charge on any atom is 0.227 e. The molecule has 1 N–H and O–H groups in total. The topological polar surface area (TPSA) is 32.3 Å². The van der Waals surface area contributed by atoms with E-state index in [9.17, 15) is 4.79 Å². The molecule has 0 aliphatic rings. The third-order valence-corrected chi connectivity index (χ3v) is 2.46. The predicted molar refractivity (Wildman–Crippen MR) is 69.5 cm³/mol. The summed E-state index contributed by atoms with van der Waals surface area (Å²) in [6.45, 7) is 12.1. The molecule has 3 heteroatoms. The zero-order chi connectivity index (χ0) is 12.8. The van der Waals surface area contributed by atoms with Crippen LogP contribution >= 0.6 is 0 Å². The first-order valence-electron chi connectivity index (χ1n) is 6.24. The van der Waals surface area contributed by atoms with Crippen molar-refractivity contribution in [3.63, 3.8) is 0 Å². The van der Waals surface area contributed by atoms with Crippen LogP contribution in [0.25, 0.3) is 0 Å². The van der Waals surface area contributed by atoms with Gasteiger partial charge in [-0.3, -0.25) is 4.79 Å². The van der Waals surface area contributed by atoms with Crippen molar-refractivity contribution in [1.82, 2.24) is 10.2 Å². The third kappa shape index (κ3) is 6.83. The summed E-state index contributed by atoms with van der Waals surface area (Å²) >= 11 is 0. The summed E-state index contributed by atoms with van der Waals surface area (Å²) in [5.41, 5.74) is -0.259. The van der Waals surface area contributed by atoms with Crippen molar-refractivity contribution in [1.29, 1.82) is 0 Å². The molecule has 0 heterocycles. The average molecular weight is 228 g/mol. The van der Waals surface area contributed by atoms with Gasteiger partial charge in [-0.05, 0) is 19.4 Å². The van der Waals surface area contributed by atoms with E-state index < -0.39 is 0 Å². The lowest BCUT2D eigenvalue weighted by molar-refractivity contribution is -0.138. The van der Waals surface area contributed by atoms with E-state index in [4.69, 9.17) is 0 Å². The van der Waals surface area contributed by atoms with Gasteiger partial charge in [0.15, 0.2) is 0 Å². The fourth-order valence-electron chi connectivity index (χ4n) is 1.54. The number of hydrogen-bond acceptors (Lipinski definition) is 2. The SMILES string of the molecule is CC(C)NCCCCN(C)C(=O)C(C)(C)C. The van der Waals surface area contributed by atoms with Gasteiger partial charge in [0.05, 0.1) is 0 Å². The number of rotatable bonds is 6. The molecule has 0 saturated heterocycles. The Labute approximate surface area is 101 Å². The molecule has 0 spiro atoms. The van der Waals surface area contributed by atoms with Crippen molar-refractivity contribution in [3.8, 4) is 0 Å². The Kier molecular flexibility index (Phi) is 6.65. The van der Waals surface area contributed by atoms with Gasteiger partial charge >= 0.3 is 0 Å². The standard InChI is InChI=1S/C13H28N2O/c1-11(2)14-9-7-8-10-15(6)12(16)13(3,4)5/h11,14H,7-10H2,1-6H3. The first-order chi connectivity index (χ1) is 7.25. The van der Waals surface area contributed by atoms with Crippen molar-refractivity contribution < 1.29 is 4.79 Å². The predicted octanol–water partition coefficient (Wildman–Crippen LogP) is 2.27. The Morgan fingerprint density at radius 3 is 2.25 bits per heavy atom. The molecule has 3 nitrogen and oxygen atoms in total. The van der Waals surface area contributed by atoms with Gasteiger partial charge in [-0.15, -0.1) is 0 Å². The van der Waals surface area contributed by atoms with Crippen LogP contribution in [-0.2, 0) is 4.79 Å². The first-order valence-corrected chi connectivity index (χ1v) is 6.24. The Morgan fingerprint density at radius 2 is 1.81 bits per heavy atom. The van der Waals surface area contributed by atoms with Gasteiger partial charge < -0.3 is 10.2 Å². The zero-order valence-electron chi connectivity index (χ0n) is 11.8. The van der Waals surface area contributed by atoms with Gasteiger partial charge in [0.25, 0.3) is 0 Å². The summed E-state index contributed by atoms with van der Waals surface area (Å²) in [5.74, 6) is 0.226. The van der Waals surface area contributed by atoms with Crippen LogP contribution < -0.4 is 5.32 Å². The van der Waals surface area contributed by atoms with Crippen molar-refractivity contribution in [2.75, 3.05) is 20.1 Å². The van der Waals surface area contributed by atoms with Crippen LogP contribution in [0.3, 0.4) is 0 Å². The minimum atomic E-state index is -0.259. The molecule has 0 fully saturated rings. The van der Waals surface area contributed by atoms with Crippen LogP contribution in [0, 0.1) is 5.41 Å². The highest BCUT2D eigenvalue weighted by molar-refractivity contribution is 5.81. The highest BCUT2D eigenvalue weighted by Crippen LogP contribution is 2.16. The molecule has 0 saturated carbocycles. The number of carbonyl (C=O) groups is 1. The van der Waals surface area contributed by atoms with Gasteiger partial charge in [-0.1, -0.05) is 34.6 Å². The fourth-order valence-corrected chi connectivity index (χ4v) is 1.54. The maximum atomic E-state index is 11.8. The second-order valence-corrected chi connectivity index (χ2v) is 5.79. The first kappa shape index (κ1) is 15.4. The van der Waals surface area contributed by atoms with Gasteiger partial charge in [0, 0.05) is 25.0 Å². The minimum absolute atomic E-state index is 0.226. The number of hydrogen-bond donors (Lipinski definition) is 1. The zero-order valence-corrected chi connectivity index (χ0v) is 11.8. The molecule has 0 aliphatic heterocycles. The van der Waals surface area contributed by atoms with Crippen molar-refractivity contribution in [3.05, 3.63) is 0 Å². The lowest BCUT2D eigenvalue weighted by Gasteiger charge is -2.26. The van der Waals surface area contributed by atoms with Crippen LogP contribution in [0.4, 0.5) is 0 Å². The van der Waals surface area contributed by atoms with E-state index in [1.54, 1.807) is 0 Å². The monoisotopic (exact) mass is 228 g/mol. The van der Waals surface area contributed by atoms with E-state index in [0.717, 1.165) is 25.9 Å². The summed E-state index contributed by atoms with van der Waals surface area (Å²) in [6.07, 6.45) is 2.19. The summed E-state index contributed by atoms with van der Waals surface area (Å²) in [6, 6.07) is 0.550. The molecule has 0 aliphatic carbocycles. The molecule has 0 rings (SSSR count). The van der Waals surface area contributed by atoms with Crippen LogP contribution in [-0.4, -0.2) is 37.0 Å². The lowest BCUT2D eigenvalue weighted by Crippen LogP contribution is -2.37. The molecular weight excluding hydrogens is 200 g/mol. The number of unbranched alkanes of at least 4 members (excludes halogenated alkanes) is 1. The Bertz CT molecular complexity index is 206. The van der Waals surface area contributed by atoms with Crippen LogP contribution in [0.2, 0.25) is 0 Å². The van der Waals surface area contributed by atoms with E-state index in [1.165, 1.54) is 0 Å². The van der Waals surface area contributed by atoms with Crippen LogP contribution in [0.1, 0.15) is 47.5 Å². The van der Waals surface area contributed by atoms with E-state index in [0.29, 0.717) is 6.04 Å². The Balaban J connectivity index is 3.66. The molecule has 0 aromatic rings. The molecule has 0 radical (unpaired) electrons. The summed E-state index contributed by atoms with van der Waals surface area (Å²) in [7, 11) is 1.89. The van der Waals surface area contributed by atoms with Gasteiger partial charge in [0.1, 0.15) is 0 Å². The van der Waals surface area contributed by atoms with E-state index >= 15 is 0 Å². The molecule has 96 valence electrons. The normalized spacial score (nSPS) is 11.9. The lowest BCUT2D eigenvalue weighted by atomic mass is 9.95. The molecule has 0 atom stereocenters. The number of nitrogens with zero attached hydrogens (tertiary/aromatic N) is 1. The summed E-state index contributed by atoms with van der Waals surface area (Å²) in [5, 5.41) is 3.38. The van der Waals surface area contributed by atoms with E-state index in [1.807, 2.05) is 32.7 Å². The Hall–Kier alpha value is -0.570. The molecule has 0 unspecified atom stereocenters. The second kappa shape index (κ2) is 6.89. The smallest absolute Gasteiger partial charge is 0.227 e. The van der Waals surface area contributed by atoms with E-state index in [2.05, 4.69) is 19.2 Å². The largest absolute Gasteiger partial charge is 0.345 e. The van der Waals surface area contributed by atoms with Gasteiger partial charge in [0.2, 0.25) is 5.91 Å². The fraction of sp³-hybridized carbons (Fsp3) is 0.923. The number of nitrogens with one attached hydrogen (secondary N) is 1. The van der Waals surface area contributed by atoms with Gasteiger partial charge in [-0.2, -0.15) is 0 Å². The highest BCUT2D eigenvalue weighted by atomic mass is 16.2. The molecule has 0 aromatic heterocycles. The van der Waals surface area contributed by atoms with Crippen molar-refractivity contribution in [2.45, 2.75) is 53.5 Å². The maximum absolute atomic E-state index is 11.8. The summed E-state index contributed by atoms with van der Waals surface area (Å²) in [4.78, 5) is 13.7. The molecule has 16 heavy (non-hydrogen) atoms. The Morgan fingerprint density at radius 1 is 1.25 bits per heavy atom.